The number of fused-ring (bicyclic) bond motifs is 1. The maximum atomic E-state index is 14.1. The van der Waals surface area contributed by atoms with Crippen LogP contribution in [-0.2, 0) is 0 Å². The third-order valence-electron chi connectivity index (χ3n) is 9.44. The van der Waals surface area contributed by atoms with E-state index in [0.717, 1.165) is 46.3 Å². The molecule has 0 bridgehead atoms. The summed E-state index contributed by atoms with van der Waals surface area (Å²) in [6.45, 7) is 13.7. The number of amidine groups is 1. The number of anilines is 2. The number of nitrogens with zero attached hydrogens (tertiary/aromatic N) is 3. The number of nitrogens with one attached hydrogen (secondary N) is 3. The van der Waals surface area contributed by atoms with Crippen LogP contribution in [0.4, 0.5) is 26.2 Å². The van der Waals surface area contributed by atoms with Crippen LogP contribution in [0.5, 0.6) is 0 Å². The molecule has 12 heteroatoms. The molecule has 0 radical (unpaired) electrons. The van der Waals surface area contributed by atoms with Gasteiger partial charge in [0.25, 0.3) is 0 Å². The van der Waals surface area contributed by atoms with Crippen LogP contribution in [0.25, 0.3) is 16.6 Å². The van der Waals surface area contributed by atoms with Crippen molar-refractivity contribution < 1.29 is 14.3 Å². The molecule has 250 valence electrons. The van der Waals surface area contributed by atoms with Gasteiger partial charge in [0.1, 0.15) is 11.7 Å². The van der Waals surface area contributed by atoms with Crippen LogP contribution in [0.3, 0.4) is 0 Å². The van der Waals surface area contributed by atoms with Crippen LogP contribution in [-0.4, -0.2) is 50.3 Å². The van der Waals surface area contributed by atoms with Crippen LogP contribution in [0.2, 0.25) is 5.02 Å². The second kappa shape index (κ2) is 12.4. The molecule has 0 unspecified atom stereocenters. The van der Waals surface area contributed by atoms with E-state index in [1.165, 1.54) is 18.2 Å². The van der Waals surface area contributed by atoms with Gasteiger partial charge in [0.2, 0.25) is 0 Å². The van der Waals surface area contributed by atoms with Crippen molar-refractivity contribution >= 4 is 46.0 Å². The Balaban J connectivity index is 1.58. The molecule has 1 aliphatic rings. The highest BCUT2D eigenvalue weighted by atomic mass is 35.5. The molecule has 2 aromatic carbocycles. The highest BCUT2D eigenvalue weighted by Crippen LogP contribution is 2.46. The predicted octanol–water partition coefficient (Wildman–Crippen LogP) is 6.66. The Hall–Kier alpha value is -4.19. The molecule has 4 aromatic rings. The second-order valence-corrected chi connectivity index (χ2v) is 14.5. The van der Waals surface area contributed by atoms with Gasteiger partial charge in [-0.3, -0.25) is 0 Å². The summed E-state index contributed by atoms with van der Waals surface area (Å²) in [4.78, 5) is 17.0. The maximum Gasteiger partial charge on any atom is 0.319 e. The van der Waals surface area contributed by atoms with Gasteiger partial charge in [-0.1, -0.05) is 25.4 Å². The second-order valence-electron chi connectivity index (χ2n) is 14.1. The number of nitrogens with two attached hydrogens (primary N) is 2. The molecule has 2 heterocycles. The van der Waals surface area contributed by atoms with Crippen molar-refractivity contribution in [2.45, 2.75) is 78.5 Å². The van der Waals surface area contributed by atoms with Crippen LogP contribution < -0.4 is 27.4 Å². The Morgan fingerprint density at radius 3 is 2.49 bits per heavy atom. The Bertz CT molecular complexity index is 1850. The lowest BCUT2D eigenvalue weighted by molar-refractivity contribution is 0.0826. The number of carbonyl (C=O) groups is 1. The van der Waals surface area contributed by atoms with E-state index in [2.05, 4.69) is 46.8 Å². The van der Waals surface area contributed by atoms with Crippen molar-refractivity contribution in [3.8, 4) is 11.1 Å². The van der Waals surface area contributed by atoms with Gasteiger partial charge in [-0.2, -0.15) is 5.10 Å². The molecule has 1 aliphatic carbocycles. The number of halogens is 2. The average molecular weight is 663 g/mol. The van der Waals surface area contributed by atoms with Crippen molar-refractivity contribution in [3.63, 3.8) is 0 Å². The molecule has 1 fully saturated rings. The molecule has 1 saturated carbocycles. The fraction of sp³-hybridized carbons (Fsp3) is 0.400. The number of hydrogen-bond donors (Lipinski definition) is 6. The Morgan fingerprint density at radius 2 is 1.87 bits per heavy atom. The van der Waals surface area contributed by atoms with Crippen LogP contribution >= 0.6 is 11.6 Å². The topological polar surface area (TPSA) is 155 Å². The van der Waals surface area contributed by atoms with Crippen LogP contribution in [0, 0.1) is 25.1 Å². The Kier molecular flexibility index (Phi) is 9.04. The minimum Gasteiger partial charge on any atom is -0.389 e. The third-order valence-corrected chi connectivity index (χ3v) is 9.76. The van der Waals surface area contributed by atoms with Crippen LogP contribution in [0.1, 0.15) is 64.2 Å². The standard InChI is InChI=1S/C35H44ClFN8O2/c1-19-12-23(42-32(46)40-18-33(3,4)47)13-20(2)29(19)21-14-27-30(44-28-10-11-35(7,39)34(28,5)6)24(16-41-45(27)17-21)31(38)43-26-15-22(37)8-9-25(26)36/h8-9,12-17,28,44,47H,10-11,18,39H2,1-7H3,(H2,38,43)(H2,40,42,46)/t28-,35+/m1/s1. The largest absolute Gasteiger partial charge is 0.389 e. The normalized spacial score (nSPS) is 19.6. The maximum absolute atomic E-state index is 14.1. The summed E-state index contributed by atoms with van der Waals surface area (Å²) >= 11 is 6.33. The number of urea groups is 1. The van der Waals surface area contributed by atoms with Gasteiger partial charge in [0.05, 0.1) is 39.3 Å². The molecule has 0 aliphatic heterocycles. The lowest BCUT2D eigenvalue weighted by Gasteiger charge is -2.39. The number of carbonyl (C=O) groups excluding carboxylic acids is 1. The number of amides is 2. The van der Waals surface area contributed by atoms with Crippen molar-refractivity contribution in [1.82, 2.24) is 14.9 Å². The summed E-state index contributed by atoms with van der Waals surface area (Å²) in [6, 6.07) is 9.43. The molecule has 0 spiro atoms. The Labute approximate surface area is 279 Å². The zero-order valence-corrected chi connectivity index (χ0v) is 28.7. The smallest absolute Gasteiger partial charge is 0.319 e. The van der Waals surface area contributed by atoms with E-state index in [0.29, 0.717) is 11.3 Å². The first kappa shape index (κ1) is 34.2. The van der Waals surface area contributed by atoms with Crippen molar-refractivity contribution in [2.75, 3.05) is 17.2 Å². The summed E-state index contributed by atoms with van der Waals surface area (Å²) in [5, 5.41) is 24.2. The van der Waals surface area contributed by atoms with Crippen LogP contribution in [0.15, 0.2) is 53.8 Å². The first-order valence-electron chi connectivity index (χ1n) is 15.6. The van der Waals surface area contributed by atoms with Crippen molar-refractivity contribution in [2.24, 2.45) is 21.9 Å². The van der Waals surface area contributed by atoms with Gasteiger partial charge in [-0.15, -0.1) is 0 Å². The molecule has 2 amide bonds. The number of aliphatic imine (C=N–C) groups is 1. The summed E-state index contributed by atoms with van der Waals surface area (Å²) < 4.78 is 15.9. The molecule has 0 saturated heterocycles. The van der Waals surface area contributed by atoms with E-state index >= 15 is 0 Å². The first-order chi connectivity index (χ1) is 21.9. The molecule has 2 aromatic heterocycles. The van der Waals surface area contributed by atoms with E-state index in [-0.39, 0.29) is 40.1 Å². The van der Waals surface area contributed by atoms with E-state index < -0.39 is 17.4 Å². The monoisotopic (exact) mass is 662 g/mol. The third kappa shape index (κ3) is 7.07. The number of aryl methyl sites for hydroxylation is 2. The molecule has 5 rings (SSSR count). The fourth-order valence-corrected chi connectivity index (χ4v) is 6.38. The quantitative estimate of drug-likeness (QED) is 0.0916. The van der Waals surface area contributed by atoms with E-state index in [1.807, 2.05) is 38.2 Å². The van der Waals surface area contributed by atoms with Gasteiger partial charge in [-0.05, 0) is 94.5 Å². The lowest BCUT2D eigenvalue weighted by atomic mass is 9.75. The van der Waals surface area contributed by atoms with E-state index in [1.54, 1.807) is 24.6 Å². The SMILES string of the molecule is Cc1cc(NC(=O)NCC(C)(C)O)cc(C)c1-c1cc2c(N[C@@H]3CC[C@](C)(N)C3(C)C)c(C(N)=Nc3cc(F)ccc3Cl)cnn2c1. The van der Waals surface area contributed by atoms with E-state index in [4.69, 9.17) is 23.1 Å². The summed E-state index contributed by atoms with van der Waals surface area (Å²) in [6.07, 6.45) is 5.29. The van der Waals surface area contributed by atoms with E-state index in [9.17, 15) is 14.3 Å². The number of rotatable bonds is 8. The molecule has 2 atom stereocenters. The molecule has 10 nitrogen and oxygen atoms in total. The number of aliphatic hydroxyl groups is 1. The molecular formula is C35H44ClFN8O2. The summed E-state index contributed by atoms with van der Waals surface area (Å²) in [5.41, 5.74) is 18.4. The predicted molar refractivity (Wildman–Crippen MR) is 188 cm³/mol. The van der Waals surface area contributed by atoms with Crippen molar-refractivity contribution in [3.05, 3.63) is 76.3 Å². The van der Waals surface area contributed by atoms with Crippen molar-refractivity contribution in [1.29, 1.82) is 0 Å². The summed E-state index contributed by atoms with van der Waals surface area (Å²) in [7, 11) is 0. The average Bonchev–Trinajstić information content (AvgIpc) is 3.47. The molecule has 47 heavy (non-hydrogen) atoms. The Morgan fingerprint density at radius 1 is 1.19 bits per heavy atom. The van der Waals surface area contributed by atoms with Gasteiger partial charge < -0.3 is 32.5 Å². The highest BCUT2D eigenvalue weighted by Gasteiger charge is 2.49. The minimum atomic E-state index is -1.02. The first-order valence-corrected chi connectivity index (χ1v) is 16.0. The lowest BCUT2D eigenvalue weighted by Crippen LogP contribution is -2.51. The van der Waals surface area contributed by atoms with Gasteiger partial charge in [0.15, 0.2) is 0 Å². The zero-order valence-electron chi connectivity index (χ0n) is 27.9. The highest BCUT2D eigenvalue weighted by molar-refractivity contribution is 6.33. The zero-order chi connectivity index (χ0) is 34.5. The fourth-order valence-electron chi connectivity index (χ4n) is 6.22. The summed E-state index contributed by atoms with van der Waals surface area (Å²) in [5.74, 6) is -0.338. The molecule has 8 N–H and O–H groups in total. The molecular weight excluding hydrogens is 619 g/mol. The number of hydrogen-bond acceptors (Lipinski definition) is 6. The number of benzene rings is 2. The van der Waals surface area contributed by atoms with Gasteiger partial charge in [0, 0.05) is 47.1 Å². The number of aromatic nitrogens is 2. The van der Waals surface area contributed by atoms with Gasteiger partial charge in [-0.25, -0.2) is 18.7 Å². The minimum absolute atomic E-state index is 0.0164. The van der Waals surface area contributed by atoms with Gasteiger partial charge >= 0.3 is 6.03 Å².